The molecule has 9 heteroatoms. The molecule has 1 aliphatic rings. The molecule has 1 aliphatic heterocycles. The largest absolute Gasteiger partial charge is 0.493 e. The van der Waals surface area contributed by atoms with Gasteiger partial charge >= 0.3 is 6.03 Å². The van der Waals surface area contributed by atoms with Gasteiger partial charge in [-0.15, -0.1) is 0 Å². The molecular weight excluding hydrogens is 535 g/mol. The van der Waals surface area contributed by atoms with Crippen molar-refractivity contribution in [3.8, 4) is 23.0 Å². The SMILES string of the molecule is COc1cc2c(Oc3ccc(NC(=O)Nc4ccccc4C)cc3F)ccnc2cc1OCCCN1CCC(C)CC1. The number of carbonyl (C=O) groups excluding carboxylic acids is 1. The predicted molar refractivity (Wildman–Crippen MR) is 164 cm³/mol. The van der Waals surface area contributed by atoms with Gasteiger partial charge < -0.3 is 29.7 Å². The molecule has 8 nitrogen and oxygen atoms in total. The maximum Gasteiger partial charge on any atom is 0.323 e. The number of methoxy groups -OCH3 is 1. The molecule has 0 bridgehead atoms. The Hall–Kier alpha value is -4.37. The number of fused-ring (bicyclic) bond motifs is 1. The van der Waals surface area contributed by atoms with E-state index in [4.69, 9.17) is 14.2 Å². The Morgan fingerprint density at radius 2 is 1.81 bits per heavy atom. The lowest BCUT2D eigenvalue weighted by Crippen LogP contribution is -2.34. The van der Waals surface area contributed by atoms with Gasteiger partial charge in [0.1, 0.15) is 5.75 Å². The van der Waals surface area contributed by atoms with Crippen molar-refractivity contribution in [1.29, 1.82) is 0 Å². The normalized spacial score (nSPS) is 14.0. The van der Waals surface area contributed by atoms with Crippen LogP contribution < -0.4 is 24.8 Å². The average molecular weight is 573 g/mol. The monoisotopic (exact) mass is 572 g/mol. The highest BCUT2D eigenvalue weighted by molar-refractivity contribution is 6.00. The van der Waals surface area contributed by atoms with Gasteiger partial charge in [-0.3, -0.25) is 4.98 Å². The van der Waals surface area contributed by atoms with E-state index in [0.29, 0.717) is 46.1 Å². The third-order valence-corrected chi connectivity index (χ3v) is 7.54. The van der Waals surface area contributed by atoms with E-state index in [1.807, 2.05) is 31.2 Å². The highest BCUT2D eigenvalue weighted by Gasteiger charge is 2.17. The minimum absolute atomic E-state index is 0.0127. The zero-order valence-corrected chi connectivity index (χ0v) is 24.3. The maximum absolute atomic E-state index is 15.1. The number of ether oxygens (including phenoxy) is 3. The maximum atomic E-state index is 15.1. The van der Waals surface area contributed by atoms with Gasteiger partial charge in [0.05, 0.1) is 19.2 Å². The summed E-state index contributed by atoms with van der Waals surface area (Å²) >= 11 is 0. The van der Waals surface area contributed by atoms with Crippen molar-refractivity contribution in [2.45, 2.75) is 33.1 Å². The highest BCUT2D eigenvalue weighted by Crippen LogP contribution is 2.38. The molecular formula is C33H37FN4O4. The number of amides is 2. The number of anilines is 2. The standard InChI is InChI=1S/C33H37FN4O4/c1-22-12-16-38(17-13-22)15-6-18-41-32-21-28-25(20-31(32)40-3)29(11-14-35-28)42-30-10-9-24(19-26(30)34)36-33(39)37-27-8-5-4-7-23(27)2/h4-5,7-11,14,19-22H,6,12-13,15-18H2,1-3H3,(H2,36,37,39). The van der Waals surface area contributed by atoms with E-state index in [1.165, 1.54) is 25.0 Å². The fraction of sp³-hybridized carbons (Fsp3) is 0.333. The smallest absolute Gasteiger partial charge is 0.323 e. The first-order valence-electron chi connectivity index (χ1n) is 14.3. The first kappa shape index (κ1) is 29.1. The zero-order valence-electron chi connectivity index (χ0n) is 24.3. The van der Waals surface area contributed by atoms with Crippen LogP contribution in [0.2, 0.25) is 0 Å². The predicted octanol–water partition coefficient (Wildman–Crippen LogP) is 7.63. The Morgan fingerprint density at radius 1 is 1.00 bits per heavy atom. The molecule has 4 aromatic rings. The number of hydrogen-bond acceptors (Lipinski definition) is 6. The number of aromatic nitrogens is 1. The molecule has 0 atom stereocenters. The summed E-state index contributed by atoms with van der Waals surface area (Å²) in [5, 5.41) is 6.07. The summed E-state index contributed by atoms with van der Waals surface area (Å²) in [5.74, 6) is 1.78. The lowest BCUT2D eigenvalue weighted by molar-refractivity contribution is 0.176. The topological polar surface area (TPSA) is 85.0 Å². The summed E-state index contributed by atoms with van der Waals surface area (Å²) in [5.41, 5.74) is 2.53. The highest BCUT2D eigenvalue weighted by atomic mass is 19.1. The number of para-hydroxylation sites is 1. The van der Waals surface area contributed by atoms with Crippen LogP contribution in [-0.2, 0) is 0 Å². The Kier molecular flexibility index (Phi) is 9.38. The molecule has 2 amide bonds. The van der Waals surface area contributed by atoms with E-state index in [-0.39, 0.29) is 5.75 Å². The van der Waals surface area contributed by atoms with Crippen LogP contribution in [0.25, 0.3) is 10.9 Å². The van der Waals surface area contributed by atoms with Crippen molar-refractivity contribution in [1.82, 2.24) is 9.88 Å². The molecule has 0 radical (unpaired) electrons. The van der Waals surface area contributed by atoms with Crippen LogP contribution >= 0.6 is 0 Å². The van der Waals surface area contributed by atoms with Gasteiger partial charge in [-0.1, -0.05) is 25.1 Å². The quantitative estimate of drug-likeness (QED) is 0.190. The first-order valence-corrected chi connectivity index (χ1v) is 14.3. The van der Waals surface area contributed by atoms with Crippen molar-refractivity contribution in [2.75, 3.05) is 44.0 Å². The molecule has 0 saturated carbocycles. The molecule has 0 aliphatic carbocycles. The number of urea groups is 1. The van der Waals surface area contributed by atoms with Crippen molar-refractivity contribution in [2.24, 2.45) is 5.92 Å². The number of hydrogen-bond donors (Lipinski definition) is 2. The van der Waals surface area contributed by atoms with E-state index in [9.17, 15) is 4.79 Å². The van der Waals surface area contributed by atoms with E-state index in [2.05, 4.69) is 27.4 Å². The molecule has 1 fully saturated rings. The fourth-order valence-corrected chi connectivity index (χ4v) is 5.02. The summed E-state index contributed by atoms with van der Waals surface area (Å²) in [6.45, 7) is 8.09. The number of benzene rings is 3. The van der Waals surface area contributed by atoms with Crippen LogP contribution in [0.4, 0.5) is 20.6 Å². The molecule has 2 heterocycles. The third-order valence-electron chi connectivity index (χ3n) is 7.54. The van der Waals surface area contributed by atoms with E-state index >= 15 is 4.39 Å². The number of halogens is 1. The minimum Gasteiger partial charge on any atom is -0.493 e. The van der Waals surface area contributed by atoms with Crippen LogP contribution in [0.3, 0.4) is 0 Å². The number of aryl methyl sites for hydroxylation is 1. The van der Waals surface area contributed by atoms with Crippen molar-refractivity contribution in [3.05, 3.63) is 78.2 Å². The number of pyridine rings is 1. The summed E-state index contributed by atoms with van der Waals surface area (Å²) in [4.78, 5) is 19.4. The third kappa shape index (κ3) is 7.28. The van der Waals surface area contributed by atoms with Gasteiger partial charge in [-0.2, -0.15) is 0 Å². The number of piperidine rings is 1. The van der Waals surface area contributed by atoms with Crippen LogP contribution in [0, 0.1) is 18.7 Å². The van der Waals surface area contributed by atoms with E-state index in [1.54, 1.807) is 37.6 Å². The molecule has 0 unspecified atom stereocenters. The van der Waals surface area contributed by atoms with E-state index < -0.39 is 11.8 Å². The van der Waals surface area contributed by atoms with Crippen LogP contribution in [0.15, 0.2) is 66.9 Å². The van der Waals surface area contributed by atoms with Crippen molar-refractivity contribution < 1.29 is 23.4 Å². The molecule has 3 aromatic carbocycles. The van der Waals surface area contributed by atoms with Gasteiger partial charge in [0.2, 0.25) is 0 Å². The minimum atomic E-state index is -0.622. The van der Waals surface area contributed by atoms with Crippen molar-refractivity contribution in [3.63, 3.8) is 0 Å². The fourth-order valence-electron chi connectivity index (χ4n) is 5.02. The van der Waals surface area contributed by atoms with Crippen LogP contribution in [-0.4, -0.2) is 49.3 Å². The number of rotatable bonds is 10. The molecule has 1 aromatic heterocycles. The van der Waals surface area contributed by atoms with Crippen molar-refractivity contribution >= 4 is 28.3 Å². The number of nitrogens with one attached hydrogen (secondary N) is 2. The lowest BCUT2D eigenvalue weighted by Gasteiger charge is -2.30. The van der Waals surface area contributed by atoms with E-state index in [0.717, 1.165) is 37.5 Å². The first-order chi connectivity index (χ1) is 20.4. The number of carbonyl (C=O) groups is 1. The second kappa shape index (κ2) is 13.5. The average Bonchev–Trinajstić information content (AvgIpc) is 2.98. The van der Waals surface area contributed by atoms with Gasteiger partial charge in [-0.25, -0.2) is 9.18 Å². The molecule has 5 rings (SSSR count). The molecule has 42 heavy (non-hydrogen) atoms. The summed E-state index contributed by atoms with van der Waals surface area (Å²) < 4.78 is 32.7. The Balaban J connectivity index is 1.23. The zero-order chi connectivity index (χ0) is 29.5. The molecule has 0 spiro atoms. The van der Waals surface area contributed by atoms with Crippen LogP contribution in [0.1, 0.15) is 31.7 Å². The lowest BCUT2D eigenvalue weighted by atomic mass is 9.99. The molecule has 2 N–H and O–H groups in total. The summed E-state index contributed by atoms with van der Waals surface area (Å²) in [7, 11) is 1.58. The number of likely N-dealkylation sites (tertiary alicyclic amines) is 1. The second-order valence-electron chi connectivity index (χ2n) is 10.7. The molecule has 220 valence electrons. The van der Waals surface area contributed by atoms with Gasteiger partial charge in [0.25, 0.3) is 0 Å². The van der Waals surface area contributed by atoms with Gasteiger partial charge in [0, 0.05) is 41.6 Å². The van der Waals surface area contributed by atoms with Gasteiger partial charge in [0.15, 0.2) is 23.1 Å². The molecule has 1 saturated heterocycles. The summed E-state index contributed by atoms with van der Waals surface area (Å²) in [6, 6.07) is 16.5. The Bertz CT molecular complexity index is 1540. The Morgan fingerprint density at radius 3 is 2.57 bits per heavy atom. The van der Waals surface area contributed by atoms with Crippen LogP contribution in [0.5, 0.6) is 23.0 Å². The Labute approximate surface area is 245 Å². The number of nitrogens with zero attached hydrogens (tertiary/aromatic N) is 2. The summed E-state index contributed by atoms with van der Waals surface area (Å²) in [6.07, 6.45) is 5.04. The second-order valence-corrected chi connectivity index (χ2v) is 10.7. The van der Waals surface area contributed by atoms with Gasteiger partial charge in [-0.05, 0) is 81.1 Å².